The van der Waals surface area contributed by atoms with Crippen LogP contribution in [-0.2, 0) is 0 Å². The van der Waals surface area contributed by atoms with Gasteiger partial charge in [-0.2, -0.15) is 0 Å². The summed E-state index contributed by atoms with van der Waals surface area (Å²) in [5, 5.41) is 0. The van der Waals surface area contributed by atoms with Crippen molar-refractivity contribution in [3.8, 4) is 0 Å². The van der Waals surface area contributed by atoms with E-state index in [-0.39, 0.29) is 18.4 Å². The van der Waals surface area contributed by atoms with Crippen LogP contribution in [0.25, 0.3) is 0 Å². The predicted molar refractivity (Wildman–Crippen MR) is 67.8 cm³/mol. The molecular formula is C11H17BrClN. The lowest BCUT2D eigenvalue weighted by molar-refractivity contribution is 0.510. The van der Waals surface area contributed by atoms with Crippen LogP contribution < -0.4 is 5.73 Å². The maximum Gasteiger partial charge on any atom is 0.0297 e. The van der Waals surface area contributed by atoms with Crippen molar-refractivity contribution in [3.63, 3.8) is 0 Å². The summed E-state index contributed by atoms with van der Waals surface area (Å²) in [5.41, 5.74) is 7.25. The Balaban J connectivity index is 0.00000169. The van der Waals surface area contributed by atoms with Crippen LogP contribution >= 0.6 is 28.3 Å². The van der Waals surface area contributed by atoms with Crippen LogP contribution in [0.5, 0.6) is 0 Å². The van der Waals surface area contributed by atoms with E-state index in [2.05, 4.69) is 41.9 Å². The zero-order chi connectivity index (χ0) is 9.84. The standard InChI is InChI=1S/C11H16BrN.ClH/c1-8(2)7-11(13)9-3-5-10(12)6-4-9;/h3-6,8,11H,7,13H2,1-2H3;1H/t11-;/m1./s1. The molecule has 0 aliphatic carbocycles. The molecule has 1 atom stereocenters. The van der Waals surface area contributed by atoms with E-state index in [0.717, 1.165) is 10.9 Å². The molecule has 1 rings (SSSR count). The first-order valence-corrected chi connectivity index (χ1v) is 5.40. The van der Waals surface area contributed by atoms with E-state index in [1.54, 1.807) is 0 Å². The smallest absolute Gasteiger partial charge is 0.0297 e. The second-order valence-electron chi connectivity index (χ2n) is 3.79. The average molecular weight is 279 g/mol. The highest BCUT2D eigenvalue weighted by Crippen LogP contribution is 2.20. The fraction of sp³-hybridized carbons (Fsp3) is 0.455. The minimum absolute atomic E-state index is 0. The largest absolute Gasteiger partial charge is 0.324 e. The molecule has 0 saturated carbocycles. The minimum atomic E-state index is 0. The van der Waals surface area contributed by atoms with Crippen molar-refractivity contribution in [2.45, 2.75) is 26.3 Å². The van der Waals surface area contributed by atoms with Crippen molar-refractivity contribution < 1.29 is 0 Å². The fourth-order valence-electron chi connectivity index (χ4n) is 1.35. The van der Waals surface area contributed by atoms with E-state index in [1.807, 2.05) is 12.1 Å². The second kappa shape index (κ2) is 6.44. The van der Waals surface area contributed by atoms with E-state index < -0.39 is 0 Å². The minimum Gasteiger partial charge on any atom is -0.324 e. The maximum atomic E-state index is 6.03. The Hall–Kier alpha value is -0.0500. The van der Waals surface area contributed by atoms with E-state index in [4.69, 9.17) is 5.73 Å². The quantitative estimate of drug-likeness (QED) is 0.891. The Morgan fingerprint density at radius 3 is 2.14 bits per heavy atom. The van der Waals surface area contributed by atoms with Gasteiger partial charge in [0, 0.05) is 10.5 Å². The van der Waals surface area contributed by atoms with Crippen molar-refractivity contribution in [3.05, 3.63) is 34.3 Å². The molecule has 3 heteroatoms. The van der Waals surface area contributed by atoms with Gasteiger partial charge in [-0.05, 0) is 30.0 Å². The molecule has 0 bridgehead atoms. The molecule has 2 N–H and O–H groups in total. The van der Waals surface area contributed by atoms with Crippen molar-refractivity contribution in [1.82, 2.24) is 0 Å². The fourth-order valence-corrected chi connectivity index (χ4v) is 1.62. The number of hydrogen-bond donors (Lipinski definition) is 1. The summed E-state index contributed by atoms with van der Waals surface area (Å²) in [5.74, 6) is 0.652. The Kier molecular flexibility index (Phi) is 6.41. The first-order valence-electron chi connectivity index (χ1n) is 4.60. The van der Waals surface area contributed by atoms with Crippen LogP contribution in [0.4, 0.5) is 0 Å². The molecule has 0 unspecified atom stereocenters. The molecule has 0 aromatic heterocycles. The van der Waals surface area contributed by atoms with Gasteiger partial charge in [-0.3, -0.25) is 0 Å². The zero-order valence-corrected chi connectivity index (χ0v) is 10.9. The van der Waals surface area contributed by atoms with Gasteiger partial charge in [-0.1, -0.05) is 41.9 Å². The first kappa shape index (κ1) is 13.9. The summed E-state index contributed by atoms with van der Waals surface area (Å²) in [6.07, 6.45) is 1.04. The van der Waals surface area contributed by atoms with Gasteiger partial charge in [-0.25, -0.2) is 0 Å². The average Bonchev–Trinajstić information content (AvgIpc) is 2.04. The van der Waals surface area contributed by atoms with Crippen molar-refractivity contribution in [2.75, 3.05) is 0 Å². The molecule has 1 aromatic carbocycles. The van der Waals surface area contributed by atoms with Gasteiger partial charge >= 0.3 is 0 Å². The molecule has 0 fully saturated rings. The number of nitrogens with two attached hydrogens (primary N) is 1. The summed E-state index contributed by atoms with van der Waals surface area (Å²) in [7, 11) is 0. The number of benzene rings is 1. The van der Waals surface area contributed by atoms with Crippen LogP contribution in [0.1, 0.15) is 31.9 Å². The molecule has 0 radical (unpaired) electrons. The summed E-state index contributed by atoms with van der Waals surface area (Å²) in [6, 6.07) is 8.41. The van der Waals surface area contributed by atoms with Crippen LogP contribution in [0.2, 0.25) is 0 Å². The summed E-state index contributed by atoms with van der Waals surface area (Å²) >= 11 is 3.40. The Morgan fingerprint density at radius 2 is 1.71 bits per heavy atom. The van der Waals surface area contributed by atoms with Gasteiger partial charge in [0.15, 0.2) is 0 Å². The number of hydrogen-bond acceptors (Lipinski definition) is 1. The molecule has 0 saturated heterocycles. The highest BCUT2D eigenvalue weighted by atomic mass is 79.9. The molecule has 0 heterocycles. The van der Waals surface area contributed by atoms with E-state index in [0.29, 0.717) is 5.92 Å². The van der Waals surface area contributed by atoms with E-state index >= 15 is 0 Å². The lowest BCUT2D eigenvalue weighted by Crippen LogP contribution is -2.12. The van der Waals surface area contributed by atoms with Gasteiger partial charge in [0.2, 0.25) is 0 Å². The third-order valence-electron chi connectivity index (χ3n) is 2.02. The third kappa shape index (κ3) is 4.45. The topological polar surface area (TPSA) is 26.0 Å². The Labute approximate surface area is 101 Å². The van der Waals surface area contributed by atoms with E-state index in [1.165, 1.54) is 5.56 Å². The Bertz CT molecular complexity index is 258. The second-order valence-corrected chi connectivity index (χ2v) is 4.70. The number of halogens is 2. The lowest BCUT2D eigenvalue weighted by atomic mass is 9.98. The zero-order valence-electron chi connectivity index (χ0n) is 8.53. The van der Waals surface area contributed by atoms with Crippen LogP contribution in [0.15, 0.2) is 28.7 Å². The Morgan fingerprint density at radius 1 is 1.21 bits per heavy atom. The van der Waals surface area contributed by atoms with Gasteiger partial charge < -0.3 is 5.73 Å². The summed E-state index contributed by atoms with van der Waals surface area (Å²) in [6.45, 7) is 4.39. The van der Waals surface area contributed by atoms with Gasteiger partial charge in [-0.15, -0.1) is 12.4 Å². The molecule has 80 valence electrons. The van der Waals surface area contributed by atoms with Crippen LogP contribution in [0.3, 0.4) is 0 Å². The highest BCUT2D eigenvalue weighted by molar-refractivity contribution is 9.10. The molecule has 0 aliphatic rings. The van der Waals surface area contributed by atoms with Crippen molar-refractivity contribution in [2.24, 2.45) is 11.7 Å². The highest BCUT2D eigenvalue weighted by Gasteiger charge is 2.07. The lowest BCUT2D eigenvalue weighted by Gasteiger charge is -2.14. The first-order chi connectivity index (χ1) is 6.09. The molecular weight excluding hydrogens is 261 g/mol. The van der Waals surface area contributed by atoms with Gasteiger partial charge in [0.05, 0.1) is 0 Å². The van der Waals surface area contributed by atoms with Gasteiger partial charge in [0.25, 0.3) is 0 Å². The third-order valence-corrected chi connectivity index (χ3v) is 2.55. The van der Waals surface area contributed by atoms with E-state index in [9.17, 15) is 0 Å². The summed E-state index contributed by atoms with van der Waals surface area (Å²) in [4.78, 5) is 0. The van der Waals surface area contributed by atoms with Crippen molar-refractivity contribution >= 4 is 28.3 Å². The maximum absolute atomic E-state index is 6.03. The number of rotatable bonds is 3. The molecule has 1 nitrogen and oxygen atoms in total. The SMILES string of the molecule is CC(C)C[C@@H](N)c1ccc(Br)cc1.Cl. The normalized spacial score (nSPS) is 12.4. The van der Waals surface area contributed by atoms with Gasteiger partial charge in [0.1, 0.15) is 0 Å². The van der Waals surface area contributed by atoms with Crippen LogP contribution in [-0.4, -0.2) is 0 Å². The molecule has 0 spiro atoms. The van der Waals surface area contributed by atoms with Crippen molar-refractivity contribution in [1.29, 1.82) is 0 Å². The van der Waals surface area contributed by atoms with Crippen LogP contribution in [0, 0.1) is 5.92 Å². The molecule has 14 heavy (non-hydrogen) atoms. The molecule has 0 aliphatic heterocycles. The predicted octanol–water partition coefficient (Wildman–Crippen LogP) is 3.92. The summed E-state index contributed by atoms with van der Waals surface area (Å²) < 4.78 is 1.10. The molecule has 1 aromatic rings. The molecule has 0 amide bonds. The monoisotopic (exact) mass is 277 g/mol.